The molecule has 2 aromatic carbocycles. The molecule has 134 valence electrons. The van der Waals surface area contributed by atoms with E-state index in [2.05, 4.69) is 5.32 Å². The van der Waals surface area contributed by atoms with Crippen LogP contribution in [-0.2, 0) is 9.59 Å². The Labute approximate surface area is 153 Å². The lowest BCUT2D eigenvalue weighted by Crippen LogP contribution is -2.62. The number of anilines is 1. The van der Waals surface area contributed by atoms with E-state index in [0.717, 1.165) is 16.9 Å². The van der Waals surface area contributed by atoms with Crippen LogP contribution in [0.4, 0.5) is 5.69 Å². The zero-order valence-corrected chi connectivity index (χ0v) is 15.2. The van der Waals surface area contributed by atoms with E-state index in [4.69, 9.17) is 4.74 Å². The number of likely N-dealkylation sites (tertiary alicyclic amines) is 1. The lowest BCUT2D eigenvalue weighted by molar-refractivity contribution is -0.170. The van der Waals surface area contributed by atoms with Gasteiger partial charge < -0.3 is 15.0 Å². The number of nitrogens with zero attached hydrogens (tertiary/aromatic N) is 1. The number of nitrogens with one attached hydrogen (secondary N) is 1. The molecule has 4 rings (SSSR count). The fourth-order valence-electron chi connectivity index (χ4n) is 4.03. The highest BCUT2D eigenvalue weighted by atomic mass is 16.5. The molecule has 2 amide bonds. The van der Waals surface area contributed by atoms with E-state index in [1.807, 2.05) is 62.4 Å². The third-order valence-electron chi connectivity index (χ3n) is 5.52. The van der Waals surface area contributed by atoms with Crippen molar-refractivity contribution in [3.05, 3.63) is 59.7 Å². The average molecular weight is 350 g/mol. The number of hydrogen-bond acceptors (Lipinski definition) is 3. The summed E-state index contributed by atoms with van der Waals surface area (Å²) in [5.41, 5.74) is 1.96. The minimum atomic E-state index is -0.765. The molecule has 5 heteroatoms. The maximum absolute atomic E-state index is 13.0. The van der Waals surface area contributed by atoms with Crippen molar-refractivity contribution < 1.29 is 14.3 Å². The van der Waals surface area contributed by atoms with E-state index in [1.54, 1.807) is 11.9 Å². The summed E-state index contributed by atoms with van der Waals surface area (Å²) in [5, 5.41) is 2.92. The Morgan fingerprint density at radius 3 is 2.77 bits per heavy atom. The Kier molecular flexibility index (Phi) is 3.75. The first-order valence-electron chi connectivity index (χ1n) is 8.82. The van der Waals surface area contributed by atoms with Crippen LogP contribution >= 0.6 is 0 Å². The van der Waals surface area contributed by atoms with Crippen molar-refractivity contribution in [3.63, 3.8) is 0 Å². The number of benzene rings is 2. The van der Waals surface area contributed by atoms with Gasteiger partial charge in [0.2, 0.25) is 11.8 Å². The quantitative estimate of drug-likeness (QED) is 0.846. The Morgan fingerprint density at radius 1 is 1.23 bits per heavy atom. The van der Waals surface area contributed by atoms with Crippen LogP contribution in [0.25, 0.3) is 0 Å². The summed E-state index contributed by atoms with van der Waals surface area (Å²) in [6, 6.07) is 15.3. The first kappa shape index (κ1) is 16.6. The summed E-state index contributed by atoms with van der Waals surface area (Å²) in [4.78, 5) is 27.7. The molecule has 0 unspecified atom stereocenters. The lowest BCUT2D eigenvalue weighted by atomic mass is 9.73. The number of para-hydroxylation sites is 1. The molecule has 1 saturated heterocycles. The predicted octanol–water partition coefficient (Wildman–Crippen LogP) is 3.30. The van der Waals surface area contributed by atoms with Crippen molar-refractivity contribution in [3.8, 4) is 5.75 Å². The highest BCUT2D eigenvalue weighted by Crippen LogP contribution is 2.49. The minimum Gasteiger partial charge on any atom is -0.468 e. The molecule has 1 N–H and O–H groups in total. The van der Waals surface area contributed by atoms with Crippen LogP contribution in [0.5, 0.6) is 5.75 Å². The summed E-state index contributed by atoms with van der Waals surface area (Å²) < 4.78 is 6.11. The van der Waals surface area contributed by atoms with Crippen LogP contribution in [0.2, 0.25) is 0 Å². The second-order valence-corrected chi connectivity index (χ2v) is 7.36. The van der Waals surface area contributed by atoms with Crippen LogP contribution in [0, 0.1) is 12.8 Å². The van der Waals surface area contributed by atoms with Crippen LogP contribution in [0.1, 0.15) is 30.4 Å². The van der Waals surface area contributed by atoms with Gasteiger partial charge in [0.1, 0.15) is 11.7 Å². The first-order valence-corrected chi connectivity index (χ1v) is 8.82. The van der Waals surface area contributed by atoms with Gasteiger partial charge in [0.15, 0.2) is 5.72 Å². The lowest BCUT2D eigenvalue weighted by Gasteiger charge is -2.51. The SMILES string of the molecule is Cc1cccc(NC(=O)[C@H]2C(=O)N(C)[C@@]3(C)C[C@@H]2c2ccccc2O3)c1. The molecule has 5 nitrogen and oxygen atoms in total. The van der Waals surface area contributed by atoms with Crippen molar-refractivity contribution in [2.24, 2.45) is 5.92 Å². The molecule has 0 radical (unpaired) electrons. The molecule has 2 aliphatic rings. The van der Waals surface area contributed by atoms with E-state index in [1.165, 1.54) is 0 Å². The Hall–Kier alpha value is -2.82. The zero-order chi connectivity index (χ0) is 18.5. The van der Waals surface area contributed by atoms with Crippen LogP contribution < -0.4 is 10.1 Å². The van der Waals surface area contributed by atoms with E-state index >= 15 is 0 Å². The molecule has 0 aromatic heterocycles. The molecule has 2 bridgehead atoms. The number of rotatable bonds is 2. The van der Waals surface area contributed by atoms with Crippen molar-refractivity contribution >= 4 is 17.5 Å². The molecule has 2 aliphatic heterocycles. The fourth-order valence-corrected chi connectivity index (χ4v) is 4.03. The zero-order valence-electron chi connectivity index (χ0n) is 15.2. The van der Waals surface area contributed by atoms with Gasteiger partial charge in [-0.1, -0.05) is 30.3 Å². The molecular formula is C21H22N2O3. The monoisotopic (exact) mass is 350 g/mol. The number of piperidine rings is 1. The average Bonchev–Trinajstić information content (AvgIpc) is 2.60. The van der Waals surface area contributed by atoms with Gasteiger partial charge in [-0.3, -0.25) is 9.59 Å². The largest absolute Gasteiger partial charge is 0.468 e. The van der Waals surface area contributed by atoms with Crippen molar-refractivity contribution in [1.29, 1.82) is 0 Å². The topological polar surface area (TPSA) is 58.6 Å². The van der Waals surface area contributed by atoms with Gasteiger partial charge in [0, 0.05) is 25.1 Å². The second-order valence-electron chi connectivity index (χ2n) is 7.36. The molecule has 26 heavy (non-hydrogen) atoms. The normalized spacial score (nSPS) is 26.7. The van der Waals surface area contributed by atoms with Gasteiger partial charge in [-0.2, -0.15) is 0 Å². The summed E-state index contributed by atoms with van der Waals surface area (Å²) in [7, 11) is 1.71. The summed E-state index contributed by atoms with van der Waals surface area (Å²) in [5.74, 6) is -0.685. The predicted molar refractivity (Wildman–Crippen MR) is 98.9 cm³/mol. The van der Waals surface area contributed by atoms with E-state index in [0.29, 0.717) is 12.1 Å². The highest BCUT2D eigenvalue weighted by molar-refractivity contribution is 6.08. The Morgan fingerprint density at radius 2 is 2.00 bits per heavy atom. The molecule has 0 spiro atoms. The Balaban J connectivity index is 1.71. The number of amides is 2. The molecule has 1 fully saturated rings. The van der Waals surface area contributed by atoms with Crippen LogP contribution in [0.3, 0.4) is 0 Å². The number of hydrogen-bond donors (Lipinski definition) is 1. The van der Waals surface area contributed by atoms with Gasteiger partial charge in [-0.25, -0.2) is 0 Å². The fraction of sp³-hybridized carbons (Fsp3) is 0.333. The van der Waals surface area contributed by atoms with Gasteiger partial charge in [0.25, 0.3) is 0 Å². The van der Waals surface area contributed by atoms with E-state index < -0.39 is 11.6 Å². The minimum absolute atomic E-state index is 0.196. The Bertz CT molecular complexity index is 894. The number of ether oxygens (including phenoxy) is 1. The third-order valence-corrected chi connectivity index (χ3v) is 5.52. The van der Waals surface area contributed by atoms with Gasteiger partial charge >= 0.3 is 0 Å². The van der Waals surface area contributed by atoms with Gasteiger partial charge in [0.05, 0.1) is 0 Å². The van der Waals surface area contributed by atoms with Crippen LogP contribution in [-0.4, -0.2) is 29.5 Å². The second kappa shape index (κ2) is 5.87. The van der Waals surface area contributed by atoms with Gasteiger partial charge in [-0.15, -0.1) is 0 Å². The number of fused-ring (bicyclic) bond motifs is 4. The molecule has 2 heterocycles. The molecule has 0 aliphatic carbocycles. The van der Waals surface area contributed by atoms with E-state index in [-0.39, 0.29) is 17.7 Å². The summed E-state index contributed by atoms with van der Waals surface area (Å²) >= 11 is 0. The molecule has 3 atom stereocenters. The van der Waals surface area contributed by atoms with Gasteiger partial charge in [-0.05, 0) is 43.2 Å². The highest BCUT2D eigenvalue weighted by Gasteiger charge is 2.54. The number of aryl methyl sites for hydroxylation is 1. The smallest absolute Gasteiger partial charge is 0.238 e. The third kappa shape index (κ3) is 2.55. The van der Waals surface area contributed by atoms with Crippen molar-refractivity contribution in [1.82, 2.24) is 4.90 Å². The maximum atomic E-state index is 13.0. The molecule has 2 aromatic rings. The first-order chi connectivity index (χ1) is 12.4. The number of carbonyl (C=O) groups excluding carboxylic acids is 2. The summed E-state index contributed by atoms with van der Waals surface area (Å²) in [6.45, 7) is 3.87. The van der Waals surface area contributed by atoms with Crippen molar-refractivity contribution in [2.75, 3.05) is 12.4 Å². The molecule has 0 saturated carbocycles. The summed E-state index contributed by atoms with van der Waals surface area (Å²) in [6.07, 6.45) is 0.595. The van der Waals surface area contributed by atoms with Crippen LogP contribution in [0.15, 0.2) is 48.5 Å². The van der Waals surface area contributed by atoms with E-state index in [9.17, 15) is 9.59 Å². The molecular weight excluding hydrogens is 328 g/mol. The van der Waals surface area contributed by atoms with Crippen molar-refractivity contribution in [2.45, 2.75) is 31.9 Å². The standard InChI is InChI=1S/C21H22N2O3/c1-13-7-6-8-14(11-13)22-19(24)18-16-12-21(2,23(3)20(18)25)26-17-10-5-4-9-15(16)17/h4-11,16,18H,12H2,1-3H3,(H,22,24)/t16-,18+,21-/m1/s1. The number of carbonyl (C=O) groups is 2. The maximum Gasteiger partial charge on any atom is 0.238 e.